The third-order valence-electron chi connectivity index (χ3n) is 3.86. The number of halogens is 2. The molecule has 0 aromatic heterocycles. The molecule has 1 saturated carbocycles. The number of hydrogen-bond donors (Lipinski definition) is 1. The maximum atomic E-state index is 14.1. The number of carboxylic acids is 1. The predicted molar refractivity (Wildman–Crippen MR) is 77.7 cm³/mol. The van der Waals surface area contributed by atoms with Gasteiger partial charge in [-0.1, -0.05) is 13.8 Å². The fourth-order valence-electron chi connectivity index (χ4n) is 2.46. The van der Waals surface area contributed by atoms with Crippen LogP contribution in [0.5, 0.6) is 5.75 Å². The molecule has 0 amide bonds. The van der Waals surface area contributed by atoms with E-state index in [0.717, 1.165) is 25.7 Å². The molecule has 0 bridgehead atoms. The lowest BCUT2D eigenvalue weighted by Gasteiger charge is -2.34. The minimum Gasteiger partial charge on any atom is -0.487 e. The molecule has 0 radical (unpaired) electrons. The minimum absolute atomic E-state index is 0.0000954. The van der Waals surface area contributed by atoms with Gasteiger partial charge in [0, 0.05) is 0 Å². The van der Waals surface area contributed by atoms with Crippen molar-refractivity contribution in [1.29, 1.82) is 0 Å². The lowest BCUT2D eigenvalue weighted by atomic mass is 9.76. The summed E-state index contributed by atoms with van der Waals surface area (Å²) in [6.45, 7) is 4.45. The maximum absolute atomic E-state index is 14.1. The fraction of sp³-hybridized carbons (Fsp3) is 0.533. The maximum Gasteiger partial charge on any atom is 0.336 e. The molecule has 1 aliphatic carbocycles. The summed E-state index contributed by atoms with van der Waals surface area (Å²) < 4.78 is 19.7. The lowest BCUT2D eigenvalue weighted by Crippen LogP contribution is -2.28. The van der Waals surface area contributed by atoms with Crippen LogP contribution in [0.15, 0.2) is 16.6 Å². The Morgan fingerprint density at radius 2 is 2.00 bits per heavy atom. The van der Waals surface area contributed by atoms with Crippen LogP contribution < -0.4 is 4.74 Å². The van der Waals surface area contributed by atoms with Crippen LogP contribution in [0.3, 0.4) is 0 Å². The van der Waals surface area contributed by atoms with E-state index in [1.54, 1.807) is 0 Å². The second-order valence-electron chi connectivity index (χ2n) is 6.03. The molecule has 1 N–H and O–H groups in total. The number of carboxylic acid groups (broad SMARTS) is 1. The summed E-state index contributed by atoms with van der Waals surface area (Å²) in [5, 5.41) is 8.92. The van der Waals surface area contributed by atoms with Crippen LogP contribution >= 0.6 is 15.9 Å². The van der Waals surface area contributed by atoms with Crippen molar-refractivity contribution in [1.82, 2.24) is 0 Å². The predicted octanol–water partition coefficient (Wildman–Crippen LogP) is 4.63. The van der Waals surface area contributed by atoms with Gasteiger partial charge in [0.25, 0.3) is 0 Å². The van der Waals surface area contributed by atoms with Gasteiger partial charge >= 0.3 is 5.97 Å². The second kappa shape index (κ2) is 5.72. The van der Waals surface area contributed by atoms with Crippen molar-refractivity contribution in [2.24, 2.45) is 5.41 Å². The number of rotatable bonds is 3. The molecule has 1 aromatic rings. The van der Waals surface area contributed by atoms with E-state index in [-0.39, 0.29) is 21.9 Å². The molecule has 0 unspecified atom stereocenters. The van der Waals surface area contributed by atoms with Crippen LogP contribution in [-0.4, -0.2) is 17.2 Å². The summed E-state index contributed by atoms with van der Waals surface area (Å²) in [5.41, 5.74) is 0.228. The molecule has 0 saturated heterocycles. The standard InChI is InChI=1S/C15H18BrFO3/c1-15(2)7-5-9(6-8-15)20-11-4-3-10(14(18)19)12(16)13(11)17/h3-4,9H,5-8H2,1-2H3,(H,18,19). The summed E-state index contributed by atoms with van der Waals surface area (Å²) in [5.74, 6) is -1.69. The van der Waals surface area contributed by atoms with Crippen molar-refractivity contribution in [3.05, 3.63) is 28.0 Å². The molecule has 1 aliphatic rings. The van der Waals surface area contributed by atoms with E-state index in [1.165, 1.54) is 12.1 Å². The Morgan fingerprint density at radius 3 is 2.55 bits per heavy atom. The van der Waals surface area contributed by atoms with Gasteiger partial charge in [0.05, 0.1) is 16.1 Å². The van der Waals surface area contributed by atoms with Crippen LogP contribution in [0.25, 0.3) is 0 Å². The van der Waals surface area contributed by atoms with Gasteiger partial charge in [-0.25, -0.2) is 9.18 Å². The Morgan fingerprint density at radius 1 is 1.40 bits per heavy atom. The first-order valence-electron chi connectivity index (χ1n) is 6.68. The van der Waals surface area contributed by atoms with E-state index in [2.05, 4.69) is 29.8 Å². The molecular formula is C15H18BrFO3. The number of hydrogen-bond acceptors (Lipinski definition) is 2. The molecule has 110 valence electrons. The van der Waals surface area contributed by atoms with Crippen LogP contribution in [-0.2, 0) is 0 Å². The van der Waals surface area contributed by atoms with Gasteiger partial charge in [-0.2, -0.15) is 0 Å². The molecule has 3 nitrogen and oxygen atoms in total. The molecule has 0 atom stereocenters. The van der Waals surface area contributed by atoms with Crippen molar-refractivity contribution in [2.45, 2.75) is 45.6 Å². The zero-order valence-electron chi connectivity index (χ0n) is 11.6. The molecule has 1 fully saturated rings. The zero-order chi connectivity index (χ0) is 14.9. The van der Waals surface area contributed by atoms with E-state index < -0.39 is 11.8 Å². The smallest absolute Gasteiger partial charge is 0.336 e. The quantitative estimate of drug-likeness (QED) is 0.869. The first kappa shape index (κ1) is 15.3. The summed E-state index contributed by atoms with van der Waals surface area (Å²) in [4.78, 5) is 10.9. The van der Waals surface area contributed by atoms with Crippen LogP contribution in [0.2, 0.25) is 0 Å². The highest BCUT2D eigenvalue weighted by atomic mass is 79.9. The van der Waals surface area contributed by atoms with E-state index >= 15 is 0 Å². The fourth-order valence-corrected chi connectivity index (χ4v) is 2.96. The first-order valence-corrected chi connectivity index (χ1v) is 7.47. The van der Waals surface area contributed by atoms with Crippen molar-refractivity contribution in [3.63, 3.8) is 0 Å². The topological polar surface area (TPSA) is 46.5 Å². The summed E-state index contributed by atoms with van der Waals surface area (Å²) >= 11 is 2.98. The van der Waals surface area contributed by atoms with Crippen molar-refractivity contribution in [3.8, 4) is 5.75 Å². The Labute approximate surface area is 126 Å². The summed E-state index contributed by atoms with van der Waals surface area (Å²) in [7, 11) is 0. The van der Waals surface area contributed by atoms with Gasteiger partial charge in [0.2, 0.25) is 0 Å². The molecule has 20 heavy (non-hydrogen) atoms. The van der Waals surface area contributed by atoms with Crippen LogP contribution in [0.4, 0.5) is 4.39 Å². The van der Waals surface area contributed by atoms with Gasteiger partial charge < -0.3 is 9.84 Å². The van der Waals surface area contributed by atoms with Gasteiger partial charge in [-0.15, -0.1) is 0 Å². The first-order chi connectivity index (χ1) is 9.30. The van der Waals surface area contributed by atoms with E-state index in [9.17, 15) is 9.18 Å². The summed E-state index contributed by atoms with van der Waals surface area (Å²) in [6.07, 6.45) is 3.89. The molecule has 0 spiro atoms. The van der Waals surface area contributed by atoms with Gasteiger partial charge in [0.1, 0.15) is 0 Å². The Kier molecular flexibility index (Phi) is 4.37. The zero-order valence-corrected chi connectivity index (χ0v) is 13.2. The average molecular weight is 345 g/mol. The van der Waals surface area contributed by atoms with Crippen molar-refractivity contribution >= 4 is 21.9 Å². The van der Waals surface area contributed by atoms with Crippen molar-refractivity contribution in [2.75, 3.05) is 0 Å². The van der Waals surface area contributed by atoms with E-state index in [4.69, 9.17) is 9.84 Å². The molecule has 1 aromatic carbocycles. The molecule has 5 heteroatoms. The SMILES string of the molecule is CC1(C)CCC(Oc2ccc(C(=O)O)c(Br)c2F)CC1. The highest BCUT2D eigenvalue weighted by Gasteiger charge is 2.28. The van der Waals surface area contributed by atoms with E-state index in [0.29, 0.717) is 5.41 Å². The summed E-state index contributed by atoms with van der Waals surface area (Å²) in [6, 6.07) is 2.75. The van der Waals surface area contributed by atoms with Gasteiger partial charge in [-0.3, -0.25) is 0 Å². The average Bonchev–Trinajstić information content (AvgIpc) is 2.37. The number of carbonyl (C=O) groups is 1. The molecule has 0 heterocycles. The highest BCUT2D eigenvalue weighted by Crippen LogP contribution is 2.37. The lowest BCUT2D eigenvalue weighted by molar-refractivity contribution is 0.0694. The molecular weight excluding hydrogens is 327 g/mol. The molecule has 2 rings (SSSR count). The largest absolute Gasteiger partial charge is 0.487 e. The molecule has 0 aliphatic heterocycles. The van der Waals surface area contributed by atoms with Gasteiger partial charge in [0.15, 0.2) is 11.6 Å². The second-order valence-corrected chi connectivity index (χ2v) is 6.82. The van der Waals surface area contributed by atoms with Crippen LogP contribution in [0.1, 0.15) is 49.9 Å². The minimum atomic E-state index is -1.17. The highest BCUT2D eigenvalue weighted by molar-refractivity contribution is 9.10. The Balaban J connectivity index is 2.11. The van der Waals surface area contributed by atoms with E-state index in [1.807, 2.05) is 0 Å². The number of ether oxygens (including phenoxy) is 1. The van der Waals surface area contributed by atoms with Gasteiger partial charge in [-0.05, 0) is 59.2 Å². The Bertz CT molecular complexity index is 518. The number of benzene rings is 1. The Hall–Kier alpha value is -1.10. The van der Waals surface area contributed by atoms with Crippen molar-refractivity contribution < 1.29 is 19.0 Å². The normalized spacial score (nSPS) is 18.8. The monoisotopic (exact) mass is 344 g/mol. The van der Waals surface area contributed by atoms with Crippen LogP contribution in [0, 0.1) is 11.2 Å². The third-order valence-corrected chi connectivity index (χ3v) is 4.63. The number of aromatic carboxylic acids is 1. The third kappa shape index (κ3) is 3.32.